The summed E-state index contributed by atoms with van der Waals surface area (Å²) in [5.41, 5.74) is 1.15. The molecule has 6 nitrogen and oxygen atoms in total. The van der Waals surface area contributed by atoms with E-state index in [1.807, 2.05) is 6.92 Å². The molecule has 0 atom stereocenters. The number of ether oxygens (including phenoxy) is 2. The highest BCUT2D eigenvalue weighted by molar-refractivity contribution is 7.89. The van der Waals surface area contributed by atoms with E-state index in [1.54, 1.807) is 38.5 Å². The smallest absolute Gasteiger partial charge is 0.240 e. The molecule has 144 valence electrons. The highest BCUT2D eigenvalue weighted by Crippen LogP contribution is 2.23. The fourth-order valence-electron chi connectivity index (χ4n) is 2.31. The molecular weight excluding hydrogens is 366 g/mol. The molecule has 0 saturated heterocycles. The zero-order valence-electron chi connectivity index (χ0n) is 15.6. The molecule has 2 aromatic rings. The minimum absolute atomic E-state index is 0.133. The third kappa shape index (κ3) is 5.67. The number of carbonyl (C=O) groups excluding carboxylic acids is 1. The maximum absolute atomic E-state index is 12.3. The lowest BCUT2D eigenvalue weighted by Gasteiger charge is -2.06. The summed E-state index contributed by atoms with van der Waals surface area (Å²) >= 11 is 0. The second kappa shape index (κ2) is 9.34. The van der Waals surface area contributed by atoms with E-state index in [2.05, 4.69) is 4.72 Å². The van der Waals surface area contributed by atoms with Crippen LogP contribution in [-0.2, 0) is 10.0 Å². The van der Waals surface area contributed by atoms with E-state index in [4.69, 9.17) is 9.47 Å². The van der Waals surface area contributed by atoms with Crippen LogP contribution in [0.25, 0.3) is 6.08 Å². The lowest BCUT2D eigenvalue weighted by molar-refractivity contribution is 0.104. The largest absolute Gasteiger partial charge is 0.497 e. The van der Waals surface area contributed by atoms with Gasteiger partial charge in [0.1, 0.15) is 11.5 Å². The number of ketones is 1. The maximum atomic E-state index is 12.3. The SMILES string of the molecule is CCCNS(=O)(=O)c1ccc(C(=O)/C=C/c2cc(OC)cc(OC)c2)cc1. The van der Waals surface area contributed by atoms with Crippen molar-refractivity contribution < 1.29 is 22.7 Å². The number of hydrogen-bond acceptors (Lipinski definition) is 5. The van der Waals surface area contributed by atoms with Gasteiger partial charge in [0.15, 0.2) is 5.78 Å². The number of methoxy groups -OCH3 is 2. The summed E-state index contributed by atoms with van der Waals surface area (Å²) in [4.78, 5) is 12.5. The molecule has 2 aromatic carbocycles. The van der Waals surface area contributed by atoms with Gasteiger partial charge in [-0.05, 0) is 54.5 Å². The molecule has 7 heteroatoms. The van der Waals surface area contributed by atoms with Gasteiger partial charge in [0, 0.05) is 18.2 Å². The molecule has 0 aliphatic rings. The third-order valence-corrected chi connectivity index (χ3v) is 5.27. The average molecular weight is 389 g/mol. The summed E-state index contributed by atoms with van der Waals surface area (Å²) in [6.07, 6.45) is 3.78. The van der Waals surface area contributed by atoms with Gasteiger partial charge >= 0.3 is 0 Å². The summed E-state index contributed by atoms with van der Waals surface area (Å²) in [6, 6.07) is 11.1. The zero-order chi connectivity index (χ0) is 19.9. The minimum atomic E-state index is -3.54. The van der Waals surface area contributed by atoms with E-state index in [1.165, 1.54) is 30.3 Å². The molecule has 0 spiro atoms. The Hall–Kier alpha value is -2.64. The van der Waals surface area contributed by atoms with Crippen LogP contribution < -0.4 is 14.2 Å². The van der Waals surface area contributed by atoms with E-state index in [9.17, 15) is 13.2 Å². The molecule has 2 rings (SSSR count). The predicted molar refractivity (Wildman–Crippen MR) is 105 cm³/mol. The standard InChI is InChI=1S/C20H23NO5S/c1-4-11-21-27(23,24)19-8-6-16(7-9-19)20(22)10-5-15-12-17(25-2)14-18(13-15)26-3/h5-10,12-14,21H,4,11H2,1-3H3/b10-5+. The molecule has 0 fully saturated rings. The van der Waals surface area contributed by atoms with E-state index in [0.717, 1.165) is 5.56 Å². The van der Waals surface area contributed by atoms with Crippen LogP contribution in [0.4, 0.5) is 0 Å². The number of hydrogen-bond donors (Lipinski definition) is 1. The van der Waals surface area contributed by atoms with Crippen molar-refractivity contribution in [2.45, 2.75) is 18.2 Å². The van der Waals surface area contributed by atoms with Crippen molar-refractivity contribution in [3.8, 4) is 11.5 Å². The van der Waals surface area contributed by atoms with Crippen LogP contribution in [0, 0.1) is 0 Å². The van der Waals surface area contributed by atoms with E-state index < -0.39 is 10.0 Å². The Kier molecular flexibility index (Phi) is 7.15. The highest BCUT2D eigenvalue weighted by Gasteiger charge is 2.13. The Morgan fingerprint density at radius 2 is 1.63 bits per heavy atom. The first kappa shape index (κ1) is 20.7. The van der Waals surface area contributed by atoms with Crippen molar-refractivity contribution in [1.29, 1.82) is 0 Å². The van der Waals surface area contributed by atoms with Crippen molar-refractivity contribution in [2.24, 2.45) is 0 Å². The number of nitrogens with one attached hydrogen (secondary N) is 1. The third-order valence-electron chi connectivity index (χ3n) is 3.79. The number of benzene rings is 2. The van der Waals surface area contributed by atoms with Crippen molar-refractivity contribution >= 4 is 21.9 Å². The summed E-state index contributed by atoms with van der Waals surface area (Å²) in [5.74, 6) is 1.01. The topological polar surface area (TPSA) is 81.7 Å². The van der Waals surface area contributed by atoms with Crippen LogP contribution in [0.5, 0.6) is 11.5 Å². The molecule has 0 bridgehead atoms. The fraction of sp³-hybridized carbons (Fsp3) is 0.250. The van der Waals surface area contributed by atoms with E-state index in [0.29, 0.717) is 30.0 Å². The Labute approximate surface area is 159 Å². The first-order valence-electron chi connectivity index (χ1n) is 8.45. The van der Waals surface area contributed by atoms with Gasteiger partial charge in [0.05, 0.1) is 19.1 Å². The molecular formula is C20H23NO5S. The second-order valence-corrected chi connectivity index (χ2v) is 7.53. The van der Waals surface area contributed by atoms with Crippen molar-refractivity contribution in [1.82, 2.24) is 4.72 Å². The van der Waals surface area contributed by atoms with Crippen LogP contribution in [0.2, 0.25) is 0 Å². The van der Waals surface area contributed by atoms with Gasteiger partial charge in [-0.3, -0.25) is 4.79 Å². The monoisotopic (exact) mass is 389 g/mol. The Morgan fingerprint density at radius 3 is 2.15 bits per heavy atom. The second-order valence-electron chi connectivity index (χ2n) is 5.77. The predicted octanol–water partition coefficient (Wildman–Crippen LogP) is 3.29. The lowest BCUT2D eigenvalue weighted by Crippen LogP contribution is -2.24. The van der Waals surface area contributed by atoms with Crippen LogP contribution in [0.1, 0.15) is 29.3 Å². The van der Waals surface area contributed by atoms with Crippen LogP contribution in [-0.4, -0.2) is 35.0 Å². The first-order valence-corrected chi connectivity index (χ1v) is 9.93. The first-order chi connectivity index (χ1) is 12.9. The summed E-state index contributed by atoms with van der Waals surface area (Å²) in [6.45, 7) is 2.25. The van der Waals surface area contributed by atoms with Gasteiger partial charge < -0.3 is 9.47 Å². The number of sulfonamides is 1. The van der Waals surface area contributed by atoms with Gasteiger partial charge in [-0.15, -0.1) is 0 Å². The van der Waals surface area contributed by atoms with Crippen molar-refractivity contribution in [3.05, 3.63) is 59.7 Å². The van der Waals surface area contributed by atoms with E-state index >= 15 is 0 Å². The Balaban J connectivity index is 2.15. The molecule has 0 saturated carbocycles. The Bertz CT molecular complexity index is 896. The molecule has 0 aromatic heterocycles. The number of rotatable bonds is 9. The molecule has 0 radical (unpaired) electrons. The molecule has 0 aliphatic carbocycles. The normalized spacial score (nSPS) is 11.5. The van der Waals surface area contributed by atoms with Gasteiger partial charge in [-0.1, -0.05) is 13.0 Å². The minimum Gasteiger partial charge on any atom is -0.497 e. The van der Waals surface area contributed by atoms with E-state index in [-0.39, 0.29) is 10.7 Å². The molecule has 0 amide bonds. The molecule has 0 heterocycles. The number of carbonyl (C=O) groups is 1. The molecule has 0 aliphatic heterocycles. The summed E-state index contributed by atoms with van der Waals surface area (Å²) in [5, 5.41) is 0. The fourth-order valence-corrected chi connectivity index (χ4v) is 3.45. The molecule has 27 heavy (non-hydrogen) atoms. The lowest BCUT2D eigenvalue weighted by atomic mass is 10.1. The molecule has 1 N–H and O–H groups in total. The van der Waals surface area contributed by atoms with Gasteiger partial charge in [0.2, 0.25) is 10.0 Å². The van der Waals surface area contributed by atoms with Gasteiger partial charge in [0.25, 0.3) is 0 Å². The van der Waals surface area contributed by atoms with Crippen LogP contribution in [0.3, 0.4) is 0 Å². The summed E-state index contributed by atoms with van der Waals surface area (Å²) < 4.78 is 37.0. The average Bonchev–Trinajstić information content (AvgIpc) is 2.70. The number of allylic oxidation sites excluding steroid dienone is 1. The van der Waals surface area contributed by atoms with Crippen LogP contribution in [0.15, 0.2) is 53.4 Å². The van der Waals surface area contributed by atoms with Crippen molar-refractivity contribution in [2.75, 3.05) is 20.8 Å². The van der Waals surface area contributed by atoms with Crippen molar-refractivity contribution in [3.63, 3.8) is 0 Å². The molecule has 0 unspecified atom stereocenters. The van der Waals surface area contributed by atoms with Crippen LogP contribution >= 0.6 is 0 Å². The van der Waals surface area contributed by atoms with Gasteiger partial charge in [-0.2, -0.15) is 0 Å². The van der Waals surface area contributed by atoms with Gasteiger partial charge in [-0.25, -0.2) is 13.1 Å². The summed E-state index contributed by atoms with van der Waals surface area (Å²) in [7, 11) is -0.435. The zero-order valence-corrected chi connectivity index (χ0v) is 16.4. The maximum Gasteiger partial charge on any atom is 0.240 e. The quantitative estimate of drug-likeness (QED) is 0.526. The Morgan fingerprint density at radius 1 is 1.04 bits per heavy atom. The highest BCUT2D eigenvalue weighted by atomic mass is 32.2.